The highest BCUT2D eigenvalue weighted by atomic mass is 16.2. The molecule has 0 atom stereocenters. The maximum Gasteiger partial charge on any atom is 0.253 e. The average molecular weight is 251 g/mol. The number of carbonyl (C=O) groups excluding carboxylic acids is 3. The highest BCUT2D eigenvalue weighted by molar-refractivity contribution is 6.12. The largest absolute Gasteiger partial charge is 0.340 e. The summed E-state index contributed by atoms with van der Waals surface area (Å²) >= 11 is 0. The number of piperazine rings is 1. The lowest BCUT2D eigenvalue weighted by atomic mass is 10.3. The van der Waals surface area contributed by atoms with E-state index in [1.165, 1.54) is 17.1 Å². The Morgan fingerprint density at radius 2 is 1.61 bits per heavy atom. The lowest BCUT2D eigenvalue weighted by Crippen LogP contribution is -2.50. The number of hydrogen-bond acceptors (Lipinski definition) is 4. The maximum atomic E-state index is 11.3. The molecule has 0 aliphatic carbocycles. The van der Waals surface area contributed by atoms with E-state index in [2.05, 4.69) is 4.90 Å². The third-order valence-electron chi connectivity index (χ3n) is 3.36. The second kappa shape index (κ2) is 5.30. The van der Waals surface area contributed by atoms with E-state index in [1.807, 2.05) is 4.90 Å². The van der Waals surface area contributed by atoms with Crippen molar-refractivity contribution < 1.29 is 14.4 Å². The van der Waals surface area contributed by atoms with Crippen LogP contribution in [0.2, 0.25) is 0 Å². The summed E-state index contributed by atoms with van der Waals surface area (Å²) in [6.07, 6.45) is 2.60. The van der Waals surface area contributed by atoms with E-state index in [1.54, 1.807) is 6.92 Å². The summed E-state index contributed by atoms with van der Waals surface area (Å²) in [5, 5.41) is 0. The fraction of sp³-hybridized carbons (Fsp3) is 0.583. The molecule has 0 saturated carbocycles. The van der Waals surface area contributed by atoms with Crippen LogP contribution in [-0.4, -0.2) is 71.7 Å². The van der Waals surface area contributed by atoms with Gasteiger partial charge in [-0.25, -0.2) is 0 Å². The third kappa shape index (κ3) is 2.76. The van der Waals surface area contributed by atoms with Crippen LogP contribution in [0.15, 0.2) is 12.2 Å². The van der Waals surface area contributed by atoms with Gasteiger partial charge in [0.15, 0.2) is 0 Å². The van der Waals surface area contributed by atoms with Crippen molar-refractivity contribution in [2.75, 3.05) is 39.3 Å². The molecule has 0 N–H and O–H groups in total. The van der Waals surface area contributed by atoms with Crippen molar-refractivity contribution in [3.63, 3.8) is 0 Å². The van der Waals surface area contributed by atoms with Crippen LogP contribution in [0.4, 0.5) is 0 Å². The van der Waals surface area contributed by atoms with E-state index in [9.17, 15) is 14.4 Å². The summed E-state index contributed by atoms with van der Waals surface area (Å²) in [6.45, 7) is 5.69. The van der Waals surface area contributed by atoms with E-state index in [0.29, 0.717) is 13.1 Å². The van der Waals surface area contributed by atoms with Gasteiger partial charge in [-0.2, -0.15) is 0 Å². The Morgan fingerprint density at radius 1 is 1.06 bits per heavy atom. The topological polar surface area (TPSA) is 60.9 Å². The van der Waals surface area contributed by atoms with Gasteiger partial charge in [0.25, 0.3) is 11.8 Å². The molecular formula is C12H17N3O3. The van der Waals surface area contributed by atoms with Gasteiger partial charge in [-0.05, 0) is 0 Å². The Balaban J connectivity index is 1.74. The molecule has 0 radical (unpaired) electrons. The van der Waals surface area contributed by atoms with Crippen molar-refractivity contribution in [1.82, 2.24) is 14.7 Å². The van der Waals surface area contributed by atoms with Gasteiger partial charge < -0.3 is 4.90 Å². The van der Waals surface area contributed by atoms with Crippen LogP contribution < -0.4 is 0 Å². The van der Waals surface area contributed by atoms with Crippen molar-refractivity contribution in [3.05, 3.63) is 12.2 Å². The van der Waals surface area contributed by atoms with E-state index in [4.69, 9.17) is 0 Å². The van der Waals surface area contributed by atoms with Gasteiger partial charge in [-0.3, -0.25) is 24.2 Å². The summed E-state index contributed by atoms with van der Waals surface area (Å²) < 4.78 is 0. The normalized spacial score (nSPS) is 20.9. The second-order valence-electron chi connectivity index (χ2n) is 4.51. The molecule has 1 fully saturated rings. The summed E-state index contributed by atoms with van der Waals surface area (Å²) in [5.74, 6) is -0.367. The second-order valence-corrected chi connectivity index (χ2v) is 4.51. The fourth-order valence-electron chi connectivity index (χ4n) is 2.18. The Labute approximate surface area is 106 Å². The van der Waals surface area contributed by atoms with E-state index < -0.39 is 0 Å². The monoisotopic (exact) mass is 251 g/mol. The molecule has 2 aliphatic heterocycles. The van der Waals surface area contributed by atoms with Gasteiger partial charge in [0.05, 0.1) is 0 Å². The molecule has 1 saturated heterocycles. The van der Waals surface area contributed by atoms with E-state index in [-0.39, 0.29) is 17.7 Å². The van der Waals surface area contributed by atoms with Gasteiger partial charge >= 0.3 is 0 Å². The molecule has 2 heterocycles. The molecular weight excluding hydrogens is 234 g/mol. The van der Waals surface area contributed by atoms with Crippen molar-refractivity contribution in [1.29, 1.82) is 0 Å². The molecule has 6 nitrogen and oxygen atoms in total. The summed E-state index contributed by atoms with van der Waals surface area (Å²) in [7, 11) is 0. The van der Waals surface area contributed by atoms with E-state index >= 15 is 0 Å². The highest BCUT2D eigenvalue weighted by Gasteiger charge is 2.24. The molecule has 2 aliphatic rings. The standard InChI is InChI=1S/C12H17N3O3/c1-10(16)14-7-4-13(5-8-14)6-9-15-11(17)2-3-12(15)18/h2-3H,4-9H2,1H3. The Hall–Kier alpha value is -1.69. The molecule has 0 aromatic heterocycles. The van der Waals surface area contributed by atoms with Crippen molar-refractivity contribution >= 4 is 17.7 Å². The number of rotatable bonds is 3. The summed E-state index contributed by atoms with van der Waals surface area (Å²) in [4.78, 5) is 39.1. The molecule has 98 valence electrons. The number of imide groups is 1. The molecule has 0 bridgehead atoms. The SMILES string of the molecule is CC(=O)N1CCN(CCN2C(=O)C=CC2=O)CC1. The van der Waals surface area contributed by atoms with Gasteiger partial charge in [0.1, 0.15) is 0 Å². The van der Waals surface area contributed by atoms with Crippen LogP contribution in [0.3, 0.4) is 0 Å². The minimum Gasteiger partial charge on any atom is -0.340 e. The van der Waals surface area contributed by atoms with Gasteiger partial charge in [-0.1, -0.05) is 0 Å². The van der Waals surface area contributed by atoms with Crippen LogP contribution in [0.1, 0.15) is 6.92 Å². The lowest BCUT2D eigenvalue weighted by Gasteiger charge is -2.34. The van der Waals surface area contributed by atoms with Crippen LogP contribution >= 0.6 is 0 Å². The highest BCUT2D eigenvalue weighted by Crippen LogP contribution is 2.06. The van der Waals surface area contributed by atoms with Crippen LogP contribution in [0, 0.1) is 0 Å². The number of hydrogen-bond donors (Lipinski definition) is 0. The first-order valence-electron chi connectivity index (χ1n) is 6.09. The van der Waals surface area contributed by atoms with Gasteiger partial charge in [0, 0.05) is 58.3 Å². The first-order chi connectivity index (χ1) is 8.58. The van der Waals surface area contributed by atoms with Crippen LogP contribution in [0.5, 0.6) is 0 Å². The zero-order chi connectivity index (χ0) is 13.1. The quantitative estimate of drug-likeness (QED) is 0.608. The molecule has 0 spiro atoms. The molecule has 0 aromatic rings. The average Bonchev–Trinajstić information content (AvgIpc) is 2.67. The predicted octanol–water partition coefficient (Wildman–Crippen LogP) is -0.924. The first kappa shape index (κ1) is 12.8. The molecule has 18 heavy (non-hydrogen) atoms. The third-order valence-corrected chi connectivity index (χ3v) is 3.36. The Bertz CT molecular complexity index is 379. The van der Waals surface area contributed by atoms with Crippen molar-refractivity contribution in [3.8, 4) is 0 Å². The maximum absolute atomic E-state index is 11.3. The number of nitrogens with zero attached hydrogens (tertiary/aromatic N) is 3. The predicted molar refractivity (Wildman–Crippen MR) is 64.6 cm³/mol. The summed E-state index contributed by atoms with van der Waals surface area (Å²) in [6, 6.07) is 0. The molecule has 2 rings (SSSR count). The number of carbonyl (C=O) groups is 3. The van der Waals surface area contributed by atoms with Crippen LogP contribution in [0.25, 0.3) is 0 Å². The zero-order valence-corrected chi connectivity index (χ0v) is 10.5. The lowest BCUT2D eigenvalue weighted by molar-refractivity contribution is -0.137. The zero-order valence-electron chi connectivity index (χ0n) is 10.5. The molecule has 3 amide bonds. The summed E-state index contributed by atoms with van der Waals surface area (Å²) in [5.41, 5.74) is 0. The van der Waals surface area contributed by atoms with E-state index in [0.717, 1.165) is 26.2 Å². The molecule has 6 heteroatoms. The number of amides is 3. The molecule has 0 unspecified atom stereocenters. The smallest absolute Gasteiger partial charge is 0.253 e. The molecule has 0 aromatic carbocycles. The van der Waals surface area contributed by atoms with Gasteiger partial charge in [-0.15, -0.1) is 0 Å². The van der Waals surface area contributed by atoms with Crippen molar-refractivity contribution in [2.24, 2.45) is 0 Å². The fourth-order valence-corrected chi connectivity index (χ4v) is 2.18. The van der Waals surface area contributed by atoms with Gasteiger partial charge in [0.2, 0.25) is 5.91 Å². The Morgan fingerprint density at radius 3 is 2.11 bits per heavy atom. The first-order valence-corrected chi connectivity index (χ1v) is 6.09. The van der Waals surface area contributed by atoms with Crippen LogP contribution in [-0.2, 0) is 14.4 Å². The Kier molecular flexibility index (Phi) is 3.76. The minimum absolute atomic E-state index is 0.101. The van der Waals surface area contributed by atoms with Crippen molar-refractivity contribution in [2.45, 2.75) is 6.92 Å². The minimum atomic E-state index is -0.234.